The van der Waals surface area contributed by atoms with E-state index in [9.17, 15) is 4.79 Å². The lowest BCUT2D eigenvalue weighted by Crippen LogP contribution is -2.18. The van der Waals surface area contributed by atoms with Gasteiger partial charge in [0.2, 0.25) is 0 Å². The fourth-order valence-electron chi connectivity index (χ4n) is 2.76. The van der Waals surface area contributed by atoms with Crippen molar-refractivity contribution in [3.63, 3.8) is 0 Å². The van der Waals surface area contributed by atoms with Crippen LogP contribution in [-0.2, 0) is 0 Å². The number of hydrogen-bond acceptors (Lipinski definition) is 5. The molecule has 6 heteroatoms. The molecule has 0 saturated carbocycles. The highest BCUT2D eigenvalue weighted by Gasteiger charge is 2.15. The zero-order valence-corrected chi connectivity index (χ0v) is 16.5. The Kier molecular flexibility index (Phi) is 5.89. The summed E-state index contributed by atoms with van der Waals surface area (Å²) < 4.78 is 5.35. The van der Waals surface area contributed by atoms with Crippen molar-refractivity contribution < 1.29 is 9.53 Å². The van der Waals surface area contributed by atoms with Crippen molar-refractivity contribution in [3.05, 3.63) is 65.9 Å². The molecule has 1 amide bonds. The zero-order valence-electron chi connectivity index (χ0n) is 16.5. The van der Waals surface area contributed by atoms with Gasteiger partial charge in [-0.1, -0.05) is 36.4 Å². The van der Waals surface area contributed by atoms with Crippen molar-refractivity contribution in [2.45, 2.75) is 26.8 Å². The van der Waals surface area contributed by atoms with Crippen LogP contribution in [0.5, 0.6) is 5.75 Å². The molecule has 3 aromatic rings. The number of ether oxygens (including phenoxy) is 1. The molecular weight excluding hydrogens is 352 g/mol. The van der Waals surface area contributed by atoms with Crippen molar-refractivity contribution in [1.29, 1.82) is 0 Å². The number of nitrogens with zero attached hydrogens (tertiary/aromatic N) is 2. The first-order valence-corrected chi connectivity index (χ1v) is 9.13. The summed E-state index contributed by atoms with van der Waals surface area (Å²) in [4.78, 5) is 22.0. The number of methoxy groups -OCH3 is 1. The van der Waals surface area contributed by atoms with Gasteiger partial charge in [0.05, 0.1) is 12.8 Å². The number of anilines is 2. The summed E-state index contributed by atoms with van der Waals surface area (Å²) in [5.41, 5.74) is 2.74. The second-order valence-corrected chi connectivity index (χ2v) is 6.78. The normalized spacial score (nSPS) is 10.6. The molecule has 0 aliphatic heterocycles. The van der Waals surface area contributed by atoms with Gasteiger partial charge >= 0.3 is 0 Å². The van der Waals surface area contributed by atoms with Crippen LogP contribution in [0.15, 0.2) is 54.6 Å². The van der Waals surface area contributed by atoms with Gasteiger partial charge in [-0.25, -0.2) is 9.97 Å². The Balaban J connectivity index is 1.98. The molecular formula is C22H24N4O2. The van der Waals surface area contributed by atoms with E-state index < -0.39 is 0 Å². The highest BCUT2D eigenvalue weighted by Crippen LogP contribution is 2.26. The van der Waals surface area contributed by atoms with Crippen molar-refractivity contribution in [3.8, 4) is 17.1 Å². The number of rotatable bonds is 6. The number of carbonyl (C=O) groups excluding carboxylic acids is 1. The lowest BCUT2D eigenvalue weighted by atomic mass is 10.2. The van der Waals surface area contributed by atoms with Crippen LogP contribution < -0.4 is 15.4 Å². The zero-order chi connectivity index (χ0) is 20.1. The van der Waals surface area contributed by atoms with Gasteiger partial charge < -0.3 is 15.4 Å². The fourth-order valence-corrected chi connectivity index (χ4v) is 2.76. The third kappa shape index (κ3) is 4.65. The predicted molar refractivity (Wildman–Crippen MR) is 112 cm³/mol. The van der Waals surface area contributed by atoms with Crippen LogP contribution in [0.25, 0.3) is 11.4 Å². The first-order chi connectivity index (χ1) is 13.5. The molecule has 3 rings (SSSR count). The summed E-state index contributed by atoms with van der Waals surface area (Å²) in [6, 6.07) is 17.0. The van der Waals surface area contributed by atoms with Crippen molar-refractivity contribution in [1.82, 2.24) is 9.97 Å². The van der Waals surface area contributed by atoms with Gasteiger partial charge in [-0.05, 0) is 38.5 Å². The quantitative estimate of drug-likeness (QED) is 0.661. The number of nitrogens with one attached hydrogen (secondary N) is 2. The summed E-state index contributed by atoms with van der Waals surface area (Å²) in [5, 5.41) is 6.15. The molecule has 0 saturated heterocycles. The average Bonchev–Trinajstić information content (AvgIpc) is 2.68. The van der Waals surface area contributed by atoms with E-state index in [4.69, 9.17) is 4.74 Å². The van der Waals surface area contributed by atoms with E-state index in [-0.39, 0.29) is 17.6 Å². The van der Waals surface area contributed by atoms with Crippen molar-refractivity contribution >= 4 is 17.4 Å². The highest BCUT2D eigenvalue weighted by molar-refractivity contribution is 6.04. The predicted octanol–water partition coefficient (Wildman–Crippen LogP) is 4.53. The third-order valence-corrected chi connectivity index (χ3v) is 4.03. The molecule has 0 atom stereocenters. The Morgan fingerprint density at radius 2 is 1.79 bits per heavy atom. The first-order valence-electron chi connectivity index (χ1n) is 9.13. The summed E-state index contributed by atoms with van der Waals surface area (Å²) in [5.74, 6) is 1.37. The van der Waals surface area contributed by atoms with Crippen molar-refractivity contribution in [2.75, 3.05) is 17.7 Å². The van der Waals surface area contributed by atoms with Crippen LogP contribution in [0, 0.1) is 6.92 Å². The Labute approximate surface area is 165 Å². The molecule has 0 unspecified atom stereocenters. The monoisotopic (exact) mass is 376 g/mol. The van der Waals surface area contributed by atoms with E-state index in [0.717, 1.165) is 11.1 Å². The van der Waals surface area contributed by atoms with E-state index >= 15 is 0 Å². The lowest BCUT2D eigenvalue weighted by molar-refractivity contribution is 0.102. The van der Waals surface area contributed by atoms with Crippen LogP contribution in [-0.4, -0.2) is 29.0 Å². The standard InChI is InChI=1S/C22H24N4O2/c1-14(2)23-20-13-18(24-21(26-20)16-8-6-5-7-9-16)22(27)25-17-12-15(3)10-11-19(17)28-4/h5-14H,1-4H3,(H,25,27)(H,23,24,26). The Hall–Kier alpha value is -3.41. The van der Waals surface area contributed by atoms with Gasteiger partial charge in [-0.15, -0.1) is 0 Å². The maximum absolute atomic E-state index is 12.9. The lowest BCUT2D eigenvalue weighted by Gasteiger charge is -2.14. The second-order valence-electron chi connectivity index (χ2n) is 6.78. The molecule has 28 heavy (non-hydrogen) atoms. The minimum atomic E-state index is -0.324. The van der Waals surface area contributed by atoms with Gasteiger partial charge in [0, 0.05) is 17.7 Å². The van der Waals surface area contributed by atoms with Crippen LogP contribution in [0.3, 0.4) is 0 Å². The smallest absolute Gasteiger partial charge is 0.274 e. The molecule has 1 aromatic heterocycles. The Bertz CT molecular complexity index is 972. The van der Waals surface area contributed by atoms with Gasteiger partial charge in [-0.3, -0.25) is 4.79 Å². The van der Waals surface area contributed by atoms with E-state index in [1.54, 1.807) is 13.2 Å². The fraction of sp³-hybridized carbons (Fsp3) is 0.227. The summed E-state index contributed by atoms with van der Waals surface area (Å²) in [7, 11) is 1.57. The third-order valence-electron chi connectivity index (χ3n) is 4.03. The van der Waals surface area contributed by atoms with Crippen LogP contribution in [0.4, 0.5) is 11.5 Å². The number of aryl methyl sites for hydroxylation is 1. The topological polar surface area (TPSA) is 76.1 Å². The van der Waals surface area contributed by atoms with E-state index in [2.05, 4.69) is 20.6 Å². The van der Waals surface area contributed by atoms with Crippen molar-refractivity contribution in [2.24, 2.45) is 0 Å². The molecule has 0 spiro atoms. The van der Waals surface area contributed by atoms with E-state index in [1.807, 2.05) is 69.3 Å². The average molecular weight is 376 g/mol. The van der Waals surface area contributed by atoms with Gasteiger partial charge in [0.15, 0.2) is 5.82 Å². The highest BCUT2D eigenvalue weighted by atomic mass is 16.5. The molecule has 1 heterocycles. The first kappa shape index (κ1) is 19.4. The van der Waals surface area contributed by atoms with E-state index in [1.165, 1.54) is 0 Å². The van der Waals surface area contributed by atoms with Gasteiger partial charge in [-0.2, -0.15) is 0 Å². The van der Waals surface area contributed by atoms with Crippen LogP contribution in [0.2, 0.25) is 0 Å². The maximum Gasteiger partial charge on any atom is 0.274 e. The number of benzene rings is 2. The molecule has 6 nitrogen and oxygen atoms in total. The molecule has 0 fully saturated rings. The number of carbonyl (C=O) groups is 1. The minimum absolute atomic E-state index is 0.173. The number of amides is 1. The molecule has 0 aliphatic carbocycles. The Morgan fingerprint density at radius 1 is 1.04 bits per heavy atom. The second kappa shape index (κ2) is 8.52. The Morgan fingerprint density at radius 3 is 2.46 bits per heavy atom. The number of aromatic nitrogens is 2. The molecule has 0 bridgehead atoms. The molecule has 2 aromatic carbocycles. The van der Waals surface area contributed by atoms with E-state index in [0.29, 0.717) is 23.1 Å². The molecule has 0 radical (unpaired) electrons. The SMILES string of the molecule is COc1ccc(C)cc1NC(=O)c1cc(NC(C)C)nc(-c2ccccc2)n1. The maximum atomic E-state index is 12.9. The minimum Gasteiger partial charge on any atom is -0.495 e. The summed E-state index contributed by atoms with van der Waals surface area (Å²) >= 11 is 0. The van der Waals surface area contributed by atoms with Gasteiger partial charge in [0.1, 0.15) is 17.3 Å². The molecule has 0 aliphatic rings. The molecule has 144 valence electrons. The largest absolute Gasteiger partial charge is 0.495 e. The van der Waals surface area contributed by atoms with Gasteiger partial charge in [0.25, 0.3) is 5.91 Å². The molecule has 2 N–H and O–H groups in total. The van der Waals surface area contributed by atoms with Crippen LogP contribution >= 0.6 is 0 Å². The summed E-state index contributed by atoms with van der Waals surface area (Å²) in [6.07, 6.45) is 0. The van der Waals surface area contributed by atoms with Crippen LogP contribution in [0.1, 0.15) is 29.9 Å². The number of hydrogen-bond donors (Lipinski definition) is 2. The summed E-state index contributed by atoms with van der Waals surface area (Å²) in [6.45, 7) is 5.99.